The highest BCUT2D eigenvalue weighted by atomic mass is 19.1. The zero-order chi connectivity index (χ0) is 44.4. The van der Waals surface area contributed by atoms with Gasteiger partial charge in [0.2, 0.25) is 0 Å². The number of hydrogen-bond acceptors (Lipinski definition) is 9. The Balaban J connectivity index is 0.000000688. The van der Waals surface area contributed by atoms with Gasteiger partial charge in [0.25, 0.3) is 0 Å². The molecule has 9 nitrogen and oxygen atoms in total. The number of aliphatic hydroxyl groups is 2. The summed E-state index contributed by atoms with van der Waals surface area (Å²) in [6, 6.07) is 2.39. The first-order valence-corrected chi connectivity index (χ1v) is 25.1. The van der Waals surface area contributed by atoms with Gasteiger partial charge in [-0.05, 0) is 166 Å². The van der Waals surface area contributed by atoms with E-state index in [1.54, 1.807) is 0 Å². The summed E-state index contributed by atoms with van der Waals surface area (Å²) in [6.45, 7) is 41.9. The number of alkyl halides is 1. The molecule has 7 rings (SSSR count). The van der Waals surface area contributed by atoms with Crippen LogP contribution in [0.3, 0.4) is 0 Å². The number of likely N-dealkylation sites (tertiary alicyclic amines) is 3. The number of nitrogens with one attached hydrogen (secondary N) is 4. The Hall–Kier alpha value is -0.430. The first kappa shape index (κ1) is 58.6. The van der Waals surface area contributed by atoms with Crippen LogP contribution >= 0.6 is 0 Å². The molecule has 7 saturated heterocycles. The molecule has 0 radical (unpaired) electrons. The van der Waals surface area contributed by atoms with Crippen molar-refractivity contribution in [2.75, 3.05) is 91.6 Å². The van der Waals surface area contributed by atoms with Gasteiger partial charge in [-0.25, -0.2) is 4.39 Å². The molecule has 7 fully saturated rings. The minimum atomic E-state index is -0.530. The van der Waals surface area contributed by atoms with Gasteiger partial charge in [-0.1, -0.05) is 83.1 Å². The summed E-state index contributed by atoms with van der Waals surface area (Å²) in [5.41, 5.74) is 0. The molecule has 7 heterocycles. The van der Waals surface area contributed by atoms with Crippen LogP contribution in [0.4, 0.5) is 4.39 Å². The third kappa shape index (κ3) is 36.7. The molecule has 1 unspecified atom stereocenters. The average Bonchev–Trinajstić information content (AvgIpc) is 3.93. The molecule has 0 bridgehead atoms. The van der Waals surface area contributed by atoms with Crippen LogP contribution in [0.5, 0.6) is 0 Å². The molecule has 0 saturated carbocycles. The molecule has 7 aliphatic rings. The van der Waals surface area contributed by atoms with Crippen LogP contribution in [0.25, 0.3) is 0 Å². The van der Waals surface area contributed by atoms with E-state index in [0.717, 1.165) is 133 Å². The smallest absolute Gasteiger partial charge is 0.103 e. The summed E-state index contributed by atoms with van der Waals surface area (Å²) in [4.78, 5) is 7.68. The highest BCUT2D eigenvalue weighted by Gasteiger charge is 2.27. The number of hydrogen-bond donors (Lipinski definition) is 6. The standard InChI is InChI=1S/C10H19FN2.C10H20N2O.C8H16N2.C5H11NO.4C4H10/c11-9-3-7-13(8-4-9)10-1-5-12-6-2-10;13-10-3-7-12(8-4-10)9-1-5-11-6-2-9;1-2-6-10(5-1)8-3-4-9-7-8;7-5-1-3-6-4-2-5;4*1-4(2)3/h9-10,12H,1-8H2;9-11,13H,1-8H2;8-9H,1-7H2;5-7H,1-4H2;4*4H,1-3H3. The molecule has 356 valence electrons. The Morgan fingerprint density at radius 1 is 0.373 bits per heavy atom. The lowest BCUT2D eigenvalue weighted by Gasteiger charge is -2.38. The fourth-order valence-electron chi connectivity index (χ4n) is 7.69. The maximum atomic E-state index is 12.9. The zero-order valence-corrected chi connectivity index (χ0v) is 41.5. The number of piperidine rings is 5. The van der Waals surface area contributed by atoms with Crippen LogP contribution in [0.1, 0.15) is 167 Å². The van der Waals surface area contributed by atoms with Gasteiger partial charge < -0.3 is 41.3 Å². The number of aliphatic hydroxyl groups excluding tert-OH is 2. The molecule has 59 heavy (non-hydrogen) atoms. The molecular weight excluding hydrogens is 738 g/mol. The molecule has 0 spiro atoms. The molecule has 0 aromatic carbocycles. The van der Waals surface area contributed by atoms with Gasteiger partial charge in [-0.2, -0.15) is 0 Å². The minimum absolute atomic E-state index is 0.0266. The lowest BCUT2D eigenvalue weighted by Crippen LogP contribution is -2.47. The van der Waals surface area contributed by atoms with Crippen LogP contribution < -0.4 is 21.3 Å². The highest BCUT2D eigenvalue weighted by molar-refractivity contribution is 4.84. The van der Waals surface area contributed by atoms with Crippen molar-refractivity contribution < 1.29 is 14.6 Å². The SMILES string of the molecule is C1CCN(C2CCNC2)C1.CC(C)C.CC(C)C.CC(C)C.CC(C)C.FC1CCN(C2CCNCC2)CC1.OC1CCN(C2CCNCC2)CC1.OC1CCNCC1. The van der Waals surface area contributed by atoms with E-state index in [-0.39, 0.29) is 12.2 Å². The molecular formula is C49H106FN7O2. The summed E-state index contributed by atoms with van der Waals surface area (Å²) in [5, 5.41) is 31.6. The predicted molar refractivity (Wildman–Crippen MR) is 257 cm³/mol. The van der Waals surface area contributed by atoms with Crippen LogP contribution in [-0.2, 0) is 0 Å². The predicted octanol–water partition coefficient (Wildman–Crippen LogP) is 8.19. The number of nitrogens with zero attached hydrogens (tertiary/aromatic N) is 3. The van der Waals surface area contributed by atoms with Crippen molar-refractivity contribution in [3.63, 3.8) is 0 Å². The molecule has 6 N–H and O–H groups in total. The first-order valence-electron chi connectivity index (χ1n) is 25.1. The topological polar surface area (TPSA) is 98.3 Å². The van der Waals surface area contributed by atoms with Crippen LogP contribution in [0.2, 0.25) is 0 Å². The monoisotopic (exact) mass is 844 g/mol. The van der Waals surface area contributed by atoms with E-state index in [2.05, 4.69) is 119 Å². The minimum Gasteiger partial charge on any atom is -0.393 e. The van der Waals surface area contributed by atoms with E-state index in [1.165, 1.54) is 84.2 Å². The van der Waals surface area contributed by atoms with Gasteiger partial charge in [0, 0.05) is 50.8 Å². The molecule has 0 aromatic heterocycles. The lowest BCUT2D eigenvalue weighted by molar-refractivity contribution is 0.0525. The molecule has 0 amide bonds. The summed E-state index contributed by atoms with van der Waals surface area (Å²) >= 11 is 0. The second-order valence-corrected chi connectivity index (χ2v) is 20.7. The van der Waals surface area contributed by atoms with Crippen molar-refractivity contribution in [3.05, 3.63) is 0 Å². The molecule has 10 heteroatoms. The molecule has 0 aromatic rings. The van der Waals surface area contributed by atoms with Crippen molar-refractivity contribution >= 4 is 0 Å². The first-order chi connectivity index (χ1) is 28.0. The summed E-state index contributed by atoms with van der Waals surface area (Å²) < 4.78 is 12.9. The van der Waals surface area contributed by atoms with Crippen molar-refractivity contribution in [2.45, 2.75) is 203 Å². The Morgan fingerprint density at radius 3 is 0.949 bits per heavy atom. The summed E-state index contributed by atoms with van der Waals surface area (Å²) in [7, 11) is 0. The van der Waals surface area contributed by atoms with Gasteiger partial charge in [0.05, 0.1) is 12.2 Å². The molecule has 1 atom stereocenters. The fraction of sp³-hybridized carbons (Fsp3) is 1.00. The lowest BCUT2D eigenvalue weighted by atomic mass is 10.00. The van der Waals surface area contributed by atoms with Crippen LogP contribution in [-0.4, -0.2) is 153 Å². The molecule has 0 aliphatic carbocycles. The second-order valence-electron chi connectivity index (χ2n) is 20.7. The number of rotatable bonds is 3. The van der Waals surface area contributed by atoms with Crippen molar-refractivity contribution in [1.29, 1.82) is 0 Å². The second kappa shape index (κ2) is 38.1. The van der Waals surface area contributed by atoms with E-state index in [1.807, 2.05) is 0 Å². The Kier molecular flexibility index (Phi) is 37.8. The number of halogens is 1. The Bertz CT molecular complexity index is 769. The Labute approximate surface area is 367 Å². The van der Waals surface area contributed by atoms with E-state index >= 15 is 0 Å². The average molecular weight is 844 g/mol. The van der Waals surface area contributed by atoms with Gasteiger partial charge in [0.15, 0.2) is 0 Å². The maximum Gasteiger partial charge on any atom is 0.103 e. The third-order valence-corrected chi connectivity index (χ3v) is 10.6. The normalized spacial score (nSPS) is 24.4. The largest absolute Gasteiger partial charge is 0.393 e. The maximum absolute atomic E-state index is 12.9. The van der Waals surface area contributed by atoms with Crippen molar-refractivity contribution in [2.24, 2.45) is 23.7 Å². The van der Waals surface area contributed by atoms with E-state index in [4.69, 9.17) is 5.11 Å². The van der Waals surface area contributed by atoms with Gasteiger partial charge in [-0.15, -0.1) is 0 Å². The van der Waals surface area contributed by atoms with E-state index < -0.39 is 6.17 Å². The van der Waals surface area contributed by atoms with E-state index in [9.17, 15) is 9.50 Å². The zero-order valence-electron chi connectivity index (χ0n) is 41.5. The summed E-state index contributed by atoms with van der Waals surface area (Å²) in [6.07, 6.45) is 14.0. The van der Waals surface area contributed by atoms with E-state index in [0.29, 0.717) is 0 Å². The fourth-order valence-corrected chi connectivity index (χ4v) is 7.69. The quantitative estimate of drug-likeness (QED) is 0.168. The van der Waals surface area contributed by atoms with Crippen LogP contribution in [0.15, 0.2) is 0 Å². The van der Waals surface area contributed by atoms with Crippen molar-refractivity contribution in [1.82, 2.24) is 36.0 Å². The highest BCUT2D eigenvalue weighted by Crippen LogP contribution is 2.20. The third-order valence-electron chi connectivity index (χ3n) is 10.6. The van der Waals surface area contributed by atoms with Gasteiger partial charge in [0.1, 0.15) is 6.17 Å². The van der Waals surface area contributed by atoms with Crippen LogP contribution in [0, 0.1) is 23.7 Å². The van der Waals surface area contributed by atoms with Crippen molar-refractivity contribution in [3.8, 4) is 0 Å². The van der Waals surface area contributed by atoms with Gasteiger partial charge in [-0.3, -0.25) is 4.90 Å². The summed E-state index contributed by atoms with van der Waals surface area (Å²) in [5.74, 6) is 3.33. The molecule has 7 aliphatic heterocycles. The Morgan fingerprint density at radius 2 is 0.644 bits per heavy atom. The van der Waals surface area contributed by atoms with Gasteiger partial charge >= 0.3 is 0 Å².